The summed E-state index contributed by atoms with van der Waals surface area (Å²) in [6.45, 7) is -0.0891. The van der Waals surface area contributed by atoms with Gasteiger partial charge < -0.3 is 18.9 Å². The van der Waals surface area contributed by atoms with Crippen LogP contribution in [0.4, 0.5) is 5.69 Å². The van der Waals surface area contributed by atoms with E-state index >= 15 is 0 Å². The molecule has 0 aliphatic rings. The summed E-state index contributed by atoms with van der Waals surface area (Å²) in [5, 5.41) is 3.91. The van der Waals surface area contributed by atoms with Crippen molar-refractivity contribution in [1.82, 2.24) is 10.1 Å². The highest BCUT2D eigenvalue weighted by molar-refractivity contribution is 5.90. The summed E-state index contributed by atoms with van der Waals surface area (Å²) in [4.78, 5) is 18.4. The smallest absolute Gasteiger partial charge is 0.338 e. The first kappa shape index (κ1) is 17.5. The van der Waals surface area contributed by atoms with E-state index in [9.17, 15) is 4.79 Å². The fraction of sp³-hybridized carbons (Fsp3) is 0.211. The number of rotatable bonds is 6. The predicted molar refractivity (Wildman–Crippen MR) is 96.2 cm³/mol. The van der Waals surface area contributed by atoms with Crippen molar-refractivity contribution >= 4 is 11.7 Å². The van der Waals surface area contributed by atoms with Crippen LogP contribution in [0, 0.1) is 0 Å². The molecule has 7 heteroatoms. The minimum Gasteiger partial charge on any atom is -0.497 e. The Kier molecular flexibility index (Phi) is 5.17. The van der Waals surface area contributed by atoms with Gasteiger partial charge in [0.05, 0.1) is 12.7 Å². The Morgan fingerprint density at radius 1 is 1.15 bits per heavy atom. The molecule has 3 aromatic rings. The summed E-state index contributed by atoms with van der Waals surface area (Å²) in [7, 11) is 5.41. The average Bonchev–Trinajstić information content (AvgIpc) is 3.15. The number of hydrogen-bond donors (Lipinski definition) is 0. The van der Waals surface area contributed by atoms with Crippen LogP contribution in [-0.4, -0.2) is 37.3 Å². The summed E-state index contributed by atoms with van der Waals surface area (Å²) >= 11 is 0. The van der Waals surface area contributed by atoms with Crippen LogP contribution < -0.4 is 9.64 Å². The quantitative estimate of drug-likeness (QED) is 0.630. The lowest BCUT2D eigenvalue weighted by Crippen LogP contribution is -2.11. The Hall–Kier alpha value is -3.35. The molecule has 0 spiro atoms. The summed E-state index contributed by atoms with van der Waals surface area (Å²) in [6.07, 6.45) is 0. The van der Waals surface area contributed by atoms with Crippen LogP contribution in [0.1, 0.15) is 16.2 Å². The second-order valence-electron chi connectivity index (χ2n) is 5.76. The van der Waals surface area contributed by atoms with E-state index in [0.29, 0.717) is 11.4 Å². The zero-order valence-corrected chi connectivity index (χ0v) is 14.8. The van der Waals surface area contributed by atoms with Crippen molar-refractivity contribution in [3.05, 3.63) is 60.0 Å². The summed E-state index contributed by atoms with van der Waals surface area (Å²) in [6, 6.07) is 14.5. The fourth-order valence-electron chi connectivity index (χ4n) is 2.29. The molecule has 0 aliphatic heterocycles. The van der Waals surface area contributed by atoms with Crippen molar-refractivity contribution in [2.45, 2.75) is 6.61 Å². The van der Waals surface area contributed by atoms with Gasteiger partial charge in [0.1, 0.15) is 5.75 Å². The van der Waals surface area contributed by atoms with E-state index in [1.165, 1.54) is 0 Å². The highest BCUT2D eigenvalue weighted by atomic mass is 16.6. The Morgan fingerprint density at radius 3 is 2.62 bits per heavy atom. The third kappa shape index (κ3) is 4.00. The minimum atomic E-state index is -0.446. The Bertz CT molecular complexity index is 888. The normalized spacial score (nSPS) is 10.4. The van der Waals surface area contributed by atoms with Gasteiger partial charge in [-0.3, -0.25) is 0 Å². The molecule has 0 aliphatic carbocycles. The number of ether oxygens (including phenoxy) is 2. The molecular formula is C19H19N3O4. The third-order valence-electron chi connectivity index (χ3n) is 3.74. The highest BCUT2D eigenvalue weighted by Gasteiger charge is 2.13. The molecule has 0 bridgehead atoms. The summed E-state index contributed by atoms with van der Waals surface area (Å²) < 4.78 is 15.5. The number of methoxy groups -OCH3 is 1. The van der Waals surface area contributed by atoms with Crippen LogP contribution >= 0.6 is 0 Å². The van der Waals surface area contributed by atoms with E-state index in [4.69, 9.17) is 14.0 Å². The first-order valence-electron chi connectivity index (χ1n) is 7.98. The minimum absolute atomic E-state index is 0.0891. The molecule has 2 aromatic carbocycles. The van der Waals surface area contributed by atoms with Crippen LogP contribution in [0.3, 0.4) is 0 Å². The van der Waals surface area contributed by atoms with Crippen LogP contribution in [0.25, 0.3) is 11.4 Å². The molecule has 0 fully saturated rings. The summed E-state index contributed by atoms with van der Waals surface area (Å²) in [5.41, 5.74) is 2.16. The maximum Gasteiger partial charge on any atom is 0.338 e. The van der Waals surface area contributed by atoms with E-state index < -0.39 is 5.97 Å². The molecule has 134 valence electrons. The van der Waals surface area contributed by atoms with Gasteiger partial charge in [0, 0.05) is 25.3 Å². The van der Waals surface area contributed by atoms with Gasteiger partial charge in [-0.05, 0) is 42.5 Å². The number of anilines is 1. The molecule has 0 saturated carbocycles. The topological polar surface area (TPSA) is 77.7 Å². The molecule has 1 aromatic heterocycles. The van der Waals surface area contributed by atoms with Gasteiger partial charge in [-0.25, -0.2) is 4.79 Å². The largest absolute Gasteiger partial charge is 0.497 e. The maximum absolute atomic E-state index is 12.2. The first-order chi connectivity index (χ1) is 12.6. The van der Waals surface area contributed by atoms with E-state index in [0.717, 1.165) is 17.0 Å². The molecule has 0 atom stereocenters. The summed E-state index contributed by atoms with van der Waals surface area (Å²) in [5.74, 6) is 0.950. The molecule has 1 heterocycles. The van der Waals surface area contributed by atoms with E-state index in [1.54, 1.807) is 25.3 Å². The second kappa shape index (κ2) is 7.69. The van der Waals surface area contributed by atoms with Crippen LogP contribution in [0.5, 0.6) is 5.75 Å². The molecule has 0 N–H and O–H groups in total. The van der Waals surface area contributed by atoms with Gasteiger partial charge in [-0.2, -0.15) is 4.98 Å². The molecule has 3 rings (SSSR count). The molecule has 26 heavy (non-hydrogen) atoms. The molecule has 0 amide bonds. The van der Waals surface area contributed by atoms with Gasteiger partial charge in [0.15, 0.2) is 6.61 Å². The number of hydrogen-bond acceptors (Lipinski definition) is 7. The van der Waals surface area contributed by atoms with Crippen molar-refractivity contribution in [3.63, 3.8) is 0 Å². The lowest BCUT2D eigenvalue weighted by molar-refractivity contribution is 0.0430. The molecule has 0 saturated heterocycles. The van der Waals surface area contributed by atoms with Gasteiger partial charge in [-0.1, -0.05) is 11.2 Å². The Labute approximate surface area is 151 Å². The Morgan fingerprint density at radius 2 is 1.92 bits per heavy atom. The molecule has 0 radical (unpaired) electrons. The van der Waals surface area contributed by atoms with E-state index in [1.807, 2.05) is 49.3 Å². The molecular weight excluding hydrogens is 334 g/mol. The van der Waals surface area contributed by atoms with Gasteiger partial charge in [0.25, 0.3) is 5.89 Å². The average molecular weight is 353 g/mol. The third-order valence-corrected chi connectivity index (χ3v) is 3.74. The van der Waals surface area contributed by atoms with Crippen LogP contribution in [0.2, 0.25) is 0 Å². The second-order valence-corrected chi connectivity index (χ2v) is 5.76. The number of aromatic nitrogens is 2. The lowest BCUT2D eigenvalue weighted by Gasteiger charge is -2.12. The van der Waals surface area contributed by atoms with Gasteiger partial charge >= 0.3 is 5.97 Å². The monoisotopic (exact) mass is 353 g/mol. The first-order valence-corrected chi connectivity index (χ1v) is 7.98. The molecule has 0 unspecified atom stereocenters. The fourth-order valence-corrected chi connectivity index (χ4v) is 2.29. The number of esters is 1. The van der Waals surface area contributed by atoms with Crippen molar-refractivity contribution < 1.29 is 18.8 Å². The van der Waals surface area contributed by atoms with Crippen molar-refractivity contribution in [3.8, 4) is 17.1 Å². The molecule has 7 nitrogen and oxygen atoms in total. The standard InChI is InChI=1S/C19H19N3O4/c1-22(2)15-6-4-5-14(11-15)19(23)25-12-17-20-18(21-26-17)13-7-9-16(24-3)10-8-13/h4-11H,12H2,1-3H3. The number of benzene rings is 2. The highest BCUT2D eigenvalue weighted by Crippen LogP contribution is 2.20. The predicted octanol–water partition coefficient (Wildman–Crippen LogP) is 3.17. The SMILES string of the molecule is COc1ccc(-c2noc(COC(=O)c3cccc(N(C)C)c3)n2)cc1. The van der Waals surface area contributed by atoms with E-state index in [-0.39, 0.29) is 12.5 Å². The van der Waals surface area contributed by atoms with E-state index in [2.05, 4.69) is 10.1 Å². The zero-order valence-electron chi connectivity index (χ0n) is 14.8. The van der Waals surface area contributed by atoms with Gasteiger partial charge in [0.2, 0.25) is 5.82 Å². The van der Waals surface area contributed by atoms with Crippen LogP contribution in [0.15, 0.2) is 53.1 Å². The van der Waals surface area contributed by atoms with Crippen LogP contribution in [-0.2, 0) is 11.3 Å². The number of carbonyl (C=O) groups excluding carboxylic acids is 1. The number of nitrogens with zero attached hydrogens (tertiary/aromatic N) is 3. The van der Waals surface area contributed by atoms with Crippen molar-refractivity contribution in [2.24, 2.45) is 0 Å². The zero-order chi connectivity index (χ0) is 18.5. The maximum atomic E-state index is 12.2. The van der Waals surface area contributed by atoms with Crippen molar-refractivity contribution in [2.75, 3.05) is 26.1 Å². The Balaban J connectivity index is 1.64. The lowest BCUT2D eigenvalue weighted by atomic mass is 10.2. The van der Waals surface area contributed by atoms with Crippen molar-refractivity contribution in [1.29, 1.82) is 0 Å². The van der Waals surface area contributed by atoms with Gasteiger partial charge in [-0.15, -0.1) is 0 Å². The number of carbonyl (C=O) groups is 1.